The molecule has 1 saturated carbocycles. The zero-order valence-corrected chi connectivity index (χ0v) is 9.43. The van der Waals surface area contributed by atoms with Crippen LogP contribution in [-0.4, -0.2) is 24.4 Å². The summed E-state index contributed by atoms with van der Waals surface area (Å²) in [4.78, 5) is 0. The maximum atomic E-state index is 10.5. The zero-order chi connectivity index (χ0) is 11.0. The minimum absolute atomic E-state index is 0.0413. The van der Waals surface area contributed by atoms with Crippen LogP contribution in [-0.2, 0) is 10.2 Å². The first-order valence-corrected chi connectivity index (χ1v) is 6.14. The highest BCUT2D eigenvalue weighted by molar-refractivity contribution is 5.33. The minimum Gasteiger partial charge on any atom is -0.392 e. The molecule has 2 fully saturated rings. The van der Waals surface area contributed by atoms with E-state index in [9.17, 15) is 5.11 Å². The number of benzene rings is 1. The Bertz CT molecular complexity index is 350. The van der Waals surface area contributed by atoms with Gasteiger partial charge in [-0.25, -0.2) is 0 Å². The Morgan fingerprint density at radius 2 is 2.00 bits per heavy atom. The molecule has 2 nitrogen and oxygen atoms in total. The standard InChI is InChI=1S/C14H18O2/c15-13(11-6-9-16-10-11)14(7-8-14)12-4-2-1-3-5-12/h1-5,11,13,15H,6-10H2. The first-order chi connectivity index (χ1) is 7.83. The second kappa shape index (κ2) is 3.86. The van der Waals surface area contributed by atoms with Gasteiger partial charge < -0.3 is 9.84 Å². The summed E-state index contributed by atoms with van der Waals surface area (Å²) in [6, 6.07) is 10.4. The lowest BCUT2D eigenvalue weighted by Gasteiger charge is -2.27. The average molecular weight is 218 g/mol. The van der Waals surface area contributed by atoms with Crippen LogP contribution in [0.4, 0.5) is 0 Å². The molecule has 2 heteroatoms. The average Bonchev–Trinajstić information content (AvgIpc) is 2.97. The lowest BCUT2D eigenvalue weighted by atomic mass is 9.82. The van der Waals surface area contributed by atoms with Gasteiger partial charge in [-0.05, 0) is 24.8 Å². The molecule has 3 rings (SSSR count). The number of ether oxygens (including phenoxy) is 1. The van der Waals surface area contributed by atoms with Crippen molar-refractivity contribution in [2.45, 2.75) is 30.8 Å². The van der Waals surface area contributed by atoms with Gasteiger partial charge in [-0.3, -0.25) is 0 Å². The molecular weight excluding hydrogens is 200 g/mol. The van der Waals surface area contributed by atoms with Crippen LogP contribution in [0.5, 0.6) is 0 Å². The summed E-state index contributed by atoms with van der Waals surface area (Å²) < 4.78 is 5.38. The molecule has 0 aromatic heterocycles. The Morgan fingerprint density at radius 3 is 2.56 bits per heavy atom. The molecule has 1 saturated heterocycles. The van der Waals surface area contributed by atoms with Crippen LogP contribution in [0.25, 0.3) is 0 Å². The summed E-state index contributed by atoms with van der Waals surface area (Å²) in [6.07, 6.45) is 3.02. The molecule has 0 bridgehead atoms. The molecule has 1 N–H and O–H groups in total. The molecule has 2 atom stereocenters. The van der Waals surface area contributed by atoms with Crippen LogP contribution in [0, 0.1) is 5.92 Å². The van der Waals surface area contributed by atoms with E-state index >= 15 is 0 Å². The molecule has 2 aliphatic rings. The van der Waals surface area contributed by atoms with Crippen LogP contribution in [0.2, 0.25) is 0 Å². The van der Waals surface area contributed by atoms with Crippen LogP contribution >= 0.6 is 0 Å². The third-order valence-electron chi connectivity index (χ3n) is 4.11. The van der Waals surface area contributed by atoms with Crippen molar-refractivity contribution in [3.63, 3.8) is 0 Å². The third kappa shape index (κ3) is 1.57. The SMILES string of the molecule is OC(C1CCOC1)C1(c2ccccc2)CC1. The fourth-order valence-corrected chi connectivity index (χ4v) is 2.91. The lowest BCUT2D eigenvalue weighted by Crippen LogP contribution is -2.34. The number of hydrogen-bond donors (Lipinski definition) is 1. The van der Waals surface area contributed by atoms with Gasteiger partial charge >= 0.3 is 0 Å². The summed E-state index contributed by atoms with van der Waals surface area (Å²) in [7, 11) is 0. The molecule has 16 heavy (non-hydrogen) atoms. The van der Waals surface area contributed by atoms with E-state index in [1.54, 1.807) is 0 Å². The van der Waals surface area contributed by atoms with E-state index in [-0.39, 0.29) is 11.5 Å². The summed E-state index contributed by atoms with van der Waals surface area (Å²) in [5.41, 5.74) is 1.34. The summed E-state index contributed by atoms with van der Waals surface area (Å²) in [5.74, 6) is 0.336. The van der Waals surface area contributed by atoms with E-state index < -0.39 is 0 Å². The number of aliphatic hydroxyl groups is 1. The Hall–Kier alpha value is -0.860. The quantitative estimate of drug-likeness (QED) is 0.842. The smallest absolute Gasteiger partial charge is 0.0687 e. The Kier molecular flexibility index (Phi) is 2.49. The second-order valence-electron chi connectivity index (χ2n) is 5.09. The molecule has 1 aliphatic heterocycles. The van der Waals surface area contributed by atoms with Crippen LogP contribution in [0.1, 0.15) is 24.8 Å². The molecule has 1 heterocycles. The Labute approximate surface area is 96.2 Å². The van der Waals surface area contributed by atoms with E-state index in [4.69, 9.17) is 4.74 Å². The fourth-order valence-electron chi connectivity index (χ4n) is 2.91. The van der Waals surface area contributed by atoms with Crippen LogP contribution in [0.15, 0.2) is 30.3 Å². The summed E-state index contributed by atoms with van der Waals surface area (Å²) in [5, 5.41) is 10.5. The third-order valence-corrected chi connectivity index (χ3v) is 4.11. The van der Waals surface area contributed by atoms with Gasteiger partial charge in [0, 0.05) is 17.9 Å². The molecule has 1 aliphatic carbocycles. The first-order valence-electron chi connectivity index (χ1n) is 6.14. The van der Waals surface area contributed by atoms with Crippen molar-refractivity contribution in [1.82, 2.24) is 0 Å². The highest BCUT2D eigenvalue weighted by atomic mass is 16.5. The molecule has 1 aromatic carbocycles. The fraction of sp³-hybridized carbons (Fsp3) is 0.571. The van der Waals surface area contributed by atoms with Crippen molar-refractivity contribution in [3.8, 4) is 0 Å². The van der Waals surface area contributed by atoms with Crippen molar-refractivity contribution < 1.29 is 9.84 Å². The highest BCUT2D eigenvalue weighted by Crippen LogP contribution is 2.53. The van der Waals surface area contributed by atoms with E-state index in [1.165, 1.54) is 5.56 Å². The minimum atomic E-state index is -0.225. The second-order valence-corrected chi connectivity index (χ2v) is 5.09. The van der Waals surface area contributed by atoms with E-state index in [0.29, 0.717) is 5.92 Å². The number of hydrogen-bond acceptors (Lipinski definition) is 2. The van der Waals surface area contributed by atoms with Crippen molar-refractivity contribution in [1.29, 1.82) is 0 Å². The molecule has 2 unspecified atom stereocenters. The van der Waals surface area contributed by atoms with Crippen molar-refractivity contribution in [2.24, 2.45) is 5.92 Å². The van der Waals surface area contributed by atoms with Gasteiger partial charge in [0.1, 0.15) is 0 Å². The lowest BCUT2D eigenvalue weighted by molar-refractivity contribution is 0.0601. The maximum Gasteiger partial charge on any atom is 0.0687 e. The number of aliphatic hydroxyl groups excluding tert-OH is 1. The van der Waals surface area contributed by atoms with Gasteiger partial charge in [0.25, 0.3) is 0 Å². The zero-order valence-electron chi connectivity index (χ0n) is 9.43. The van der Waals surface area contributed by atoms with Gasteiger partial charge in [-0.1, -0.05) is 30.3 Å². The van der Waals surface area contributed by atoms with Crippen molar-refractivity contribution in [2.75, 3.05) is 13.2 Å². The van der Waals surface area contributed by atoms with E-state index in [0.717, 1.165) is 32.5 Å². The Morgan fingerprint density at radius 1 is 1.25 bits per heavy atom. The molecule has 0 radical (unpaired) electrons. The highest BCUT2D eigenvalue weighted by Gasteiger charge is 2.52. The molecule has 0 amide bonds. The monoisotopic (exact) mass is 218 g/mol. The Balaban J connectivity index is 1.82. The molecule has 1 aromatic rings. The predicted octanol–water partition coefficient (Wildman–Crippen LogP) is 2.12. The summed E-state index contributed by atoms with van der Waals surface area (Å²) >= 11 is 0. The number of rotatable bonds is 3. The topological polar surface area (TPSA) is 29.5 Å². The molecule has 86 valence electrons. The van der Waals surface area contributed by atoms with Crippen molar-refractivity contribution >= 4 is 0 Å². The summed E-state index contributed by atoms with van der Waals surface area (Å²) in [6.45, 7) is 1.54. The van der Waals surface area contributed by atoms with E-state index in [2.05, 4.69) is 24.3 Å². The van der Waals surface area contributed by atoms with Crippen LogP contribution in [0.3, 0.4) is 0 Å². The predicted molar refractivity (Wildman–Crippen MR) is 62.3 cm³/mol. The van der Waals surface area contributed by atoms with Gasteiger partial charge in [0.2, 0.25) is 0 Å². The van der Waals surface area contributed by atoms with E-state index in [1.807, 2.05) is 6.07 Å². The van der Waals surface area contributed by atoms with Gasteiger partial charge in [0.15, 0.2) is 0 Å². The normalized spacial score (nSPS) is 28.9. The first kappa shape index (κ1) is 10.3. The van der Waals surface area contributed by atoms with Gasteiger partial charge in [-0.2, -0.15) is 0 Å². The maximum absolute atomic E-state index is 10.5. The molecule has 0 spiro atoms. The van der Waals surface area contributed by atoms with Crippen molar-refractivity contribution in [3.05, 3.63) is 35.9 Å². The van der Waals surface area contributed by atoms with Gasteiger partial charge in [-0.15, -0.1) is 0 Å². The largest absolute Gasteiger partial charge is 0.392 e. The molecular formula is C14H18O2. The van der Waals surface area contributed by atoms with Crippen LogP contribution < -0.4 is 0 Å². The van der Waals surface area contributed by atoms with Gasteiger partial charge in [0.05, 0.1) is 12.7 Å².